The third-order valence-corrected chi connectivity index (χ3v) is 5.71. The quantitative estimate of drug-likeness (QED) is 0.524. The standard InChI is InChI=1S/C24H24N6/c1-28-22(10-14-27-28)19-4-6-20(7-5-19)24-23(3-2-11-26-24)30-17-15-29(16-18-30)21-8-12-25-13-9-21/h2-14H,15-18H2,1H3. The van der Waals surface area contributed by atoms with Crippen molar-refractivity contribution in [1.29, 1.82) is 0 Å². The Morgan fingerprint density at radius 3 is 2.10 bits per heavy atom. The van der Waals surface area contributed by atoms with Crippen LogP contribution in [-0.2, 0) is 7.05 Å². The van der Waals surface area contributed by atoms with Crippen molar-refractivity contribution >= 4 is 11.4 Å². The van der Waals surface area contributed by atoms with Crippen LogP contribution in [0.2, 0.25) is 0 Å². The lowest BCUT2D eigenvalue weighted by atomic mass is 10.0. The van der Waals surface area contributed by atoms with Crippen molar-refractivity contribution < 1.29 is 0 Å². The Morgan fingerprint density at radius 2 is 1.40 bits per heavy atom. The molecule has 1 saturated heterocycles. The number of pyridine rings is 2. The molecule has 0 bridgehead atoms. The van der Waals surface area contributed by atoms with Crippen molar-refractivity contribution in [1.82, 2.24) is 19.7 Å². The fraction of sp³-hybridized carbons (Fsp3) is 0.208. The average Bonchev–Trinajstić information content (AvgIpc) is 3.26. The molecule has 5 rings (SSSR count). The van der Waals surface area contributed by atoms with Crippen LogP contribution in [0.5, 0.6) is 0 Å². The number of piperazine rings is 1. The number of aromatic nitrogens is 4. The number of hydrogen-bond acceptors (Lipinski definition) is 5. The molecular formula is C24H24N6. The molecule has 1 aliphatic rings. The summed E-state index contributed by atoms with van der Waals surface area (Å²) in [5.41, 5.74) is 6.86. The van der Waals surface area contributed by atoms with E-state index >= 15 is 0 Å². The van der Waals surface area contributed by atoms with Crippen LogP contribution in [0.1, 0.15) is 0 Å². The van der Waals surface area contributed by atoms with E-state index in [1.54, 1.807) is 0 Å². The van der Waals surface area contributed by atoms with Gasteiger partial charge in [-0.05, 0) is 35.9 Å². The first-order valence-electron chi connectivity index (χ1n) is 10.2. The molecule has 4 aromatic rings. The maximum absolute atomic E-state index is 4.73. The van der Waals surface area contributed by atoms with Crippen LogP contribution in [-0.4, -0.2) is 45.9 Å². The third kappa shape index (κ3) is 3.52. The lowest BCUT2D eigenvalue weighted by Gasteiger charge is -2.37. The van der Waals surface area contributed by atoms with Crippen LogP contribution in [0, 0.1) is 0 Å². The second kappa shape index (κ2) is 7.99. The van der Waals surface area contributed by atoms with Crippen LogP contribution in [0.3, 0.4) is 0 Å². The minimum absolute atomic E-state index is 0.966. The highest BCUT2D eigenvalue weighted by Crippen LogP contribution is 2.31. The first kappa shape index (κ1) is 18.4. The Balaban J connectivity index is 1.37. The van der Waals surface area contributed by atoms with Gasteiger partial charge in [-0.2, -0.15) is 5.10 Å². The van der Waals surface area contributed by atoms with Crippen LogP contribution < -0.4 is 9.80 Å². The molecule has 0 aliphatic carbocycles. The maximum atomic E-state index is 4.73. The van der Waals surface area contributed by atoms with Gasteiger partial charge in [-0.3, -0.25) is 14.6 Å². The summed E-state index contributed by atoms with van der Waals surface area (Å²) in [5.74, 6) is 0. The largest absolute Gasteiger partial charge is 0.368 e. The van der Waals surface area contributed by atoms with E-state index in [2.05, 4.69) is 62.3 Å². The molecule has 4 heterocycles. The molecule has 0 atom stereocenters. The van der Waals surface area contributed by atoms with Gasteiger partial charge in [0.15, 0.2) is 0 Å². The molecule has 30 heavy (non-hydrogen) atoms. The summed E-state index contributed by atoms with van der Waals surface area (Å²) in [6, 6.07) is 19.0. The number of nitrogens with zero attached hydrogens (tertiary/aromatic N) is 6. The second-order valence-electron chi connectivity index (χ2n) is 7.47. The Labute approximate surface area is 176 Å². The molecule has 0 unspecified atom stereocenters. The molecule has 6 nitrogen and oxygen atoms in total. The van der Waals surface area contributed by atoms with E-state index in [0.29, 0.717) is 0 Å². The molecule has 1 aromatic carbocycles. The average molecular weight is 396 g/mol. The van der Waals surface area contributed by atoms with Crippen molar-refractivity contribution in [3.8, 4) is 22.5 Å². The smallest absolute Gasteiger partial charge is 0.0935 e. The normalized spacial score (nSPS) is 14.2. The second-order valence-corrected chi connectivity index (χ2v) is 7.47. The van der Waals surface area contributed by atoms with E-state index in [1.807, 2.05) is 48.6 Å². The first-order chi connectivity index (χ1) is 14.8. The zero-order chi connectivity index (χ0) is 20.3. The van der Waals surface area contributed by atoms with E-state index in [1.165, 1.54) is 11.4 Å². The highest BCUT2D eigenvalue weighted by molar-refractivity contribution is 5.77. The van der Waals surface area contributed by atoms with Crippen molar-refractivity contribution in [2.24, 2.45) is 7.05 Å². The number of hydrogen-bond donors (Lipinski definition) is 0. The number of aryl methyl sites for hydroxylation is 1. The Bertz CT molecular complexity index is 1110. The Morgan fingerprint density at radius 1 is 0.700 bits per heavy atom. The first-order valence-corrected chi connectivity index (χ1v) is 10.2. The van der Waals surface area contributed by atoms with Gasteiger partial charge in [0.2, 0.25) is 0 Å². The summed E-state index contributed by atoms with van der Waals surface area (Å²) < 4.78 is 1.89. The van der Waals surface area contributed by atoms with Gasteiger partial charge in [-0.1, -0.05) is 24.3 Å². The van der Waals surface area contributed by atoms with Crippen molar-refractivity contribution in [2.75, 3.05) is 36.0 Å². The number of rotatable bonds is 4. The summed E-state index contributed by atoms with van der Waals surface area (Å²) in [7, 11) is 1.96. The van der Waals surface area contributed by atoms with Gasteiger partial charge in [0.05, 0.1) is 17.1 Å². The van der Waals surface area contributed by atoms with E-state index in [0.717, 1.165) is 48.7 Å². The highest BCUT2D eigenvalue weighted by Gasteiger charge is 2.20. The fourth-order valence-corrected chi connectivity index (χ4v) is 4.09. The van der Waals surface area contributed by atoms with Crippen molar-refractivity contribution in [3.63, 3.8) is 0 Å². The van der Waals surface area contributed by atoms with E-state index in [9.17, 15) is 0 Å². The van der Waals surface area contributed by atoms with Crippen LogP contribution in [0.25, 0.3) is 22.5 Å². The molecule has 1 fully saturated rings. The number of benzene rings is 1. The Hall–Kier alpha value is -3.67. The molecular weight excluding hydrogens is 372 g/mol. The van der Waals surface area contributed by atoms with Gasteiger partial charge in [0, 0.05) is 69.3 Å². The summed E-state index contributed by atoms with van der Waals surface area (Å²) in [5, 5.41) is 4.27. The fourth-order valence-electron chi connectivity index (χ4n) is 4.09. The Kier molecular flexibility index (Phi) is 4.89. The molecule has 0 spiro atoms. The summed E-state index contributed by atoms with van der Waals surface area (Å²) in [4.78, 5) is 13.7. The molecule has 150 valence electrons. The summed E-state index contributed by atoms with van der Waals surface area (Å²) in [6.07, 6.45) is 7.42. The highest BCUT2D eigenvalue weighted by atomic mass is 15.3. The SMILES string of the molecule is Cn1nccc1-c1ccc(-c2ncccc2N2CCN(c3ccncc3)CC2)cc1. The molecule has 0 amide bonds. The van der Waals surface area contributed by atoms with Crippen molar-refractivity contribution in [2.45, 2.75) is 0 Å². The maximum Gasteiger partial charge on any atom is 0.0935 e. The van der Waals surface area contributed by atoms with Crippen molar-refractivity contribution in [3.05, 3.63) is 79.4 Å². The van der Waals surface area contributed by atoms with Crippen LogP contribution >= 0.6 is 0 Å². The summed E-state index contributed by atoms with van der Waals surface area (Å²) >= 11 is 0. The van der Waals surface area contributed by atoms with Crippen LogP contribution in [0.4, 0.5) is 11.4 Å². The molecule has 0 saturated carbocycles. The monoisotopic (exact) mass is 396 g/mol. The minimum atomic E-state index is 0.966. The lowest BCUT2D eigenvalue weighted by Crippen LogP contribution is -2.46. The molecule has 6 heteroatoms. The minimum Gasteiger partial charge on any atom is -0.368 e. The lowest BCUT2D eigenvalue weighted by molar-refractivity contribution is 0.653. The predicted octanol–water partition coefficient (Wildman–Crippen LogP) is 3.87. The third-order valence-electron chi connectivity index (χ3n) is 5.71. The predicted molar refractivity (Wildman–Crippen MR) is 121 cm³/mol. The van der Waals surface area contributed by atoms with Gasteiger partial charge in [-0.15, -0.1) is 0 Å². The van der Waals surface area contributed by atoms with Gasteiger partial charge < -0.3 is 9.80 Å². The zero-order valence-electron chi connectivity index (χ0n) is 17.0. The topological polar surface area (TPSA) is 50.1 Å². The van der Waals surface area contributed by atoms with Gasteiger partial charge in [0.1, 0.15) is 0 Å². The van der Waals surface area contributed by atoms with Gasteiger partial charge >= 0.3 is 0 Å². The molecule has 1 aliphatic heterocycles. The number of anilines is 2. The van der Waals surface area contributed by atoms with Crippen LogP contribution in [0.15, 0.2) is 79.4 Å². The van der Waals surface area contributed by atoms with E-state index in [4.69, 9.17) is 4.98 Å². The van der Waals surface area contributed by atoms with Gasteiger partial charge in [0.25, 0.3) is 0 Å². The van der Waals surface area contributed by atoms with Gasteiger partial charge in [-0.25, -0.2) is 0 Å². The zero-order valence-corrected chi connectivity index (χ0v) is 17.0. The summed E-state index contributed by atoms with van der Waals surface area (Å²) in [6.45, 7) is 3.90. The molecule has 0 N–H and O–H groups in total. The van der Waals surface area contributed by atoms with E-state index in [-0.39, 0.29) is 0 Å². The van der Waals surface area contributed by atoms with E-state index < -0.39 is 0 Å². The molecule has 0 radical (unpaired) electrons. The molecule has 3 aromatic heterocycles.